The molecule has 3 N–H and O–H groups in total. The summed E-state index contributed by atoms with van der Waals surface area (Å²) in [5.74, 6) is 0. The van der Waals surface area contributed by atoms with Crippen molar-refractivity contribution >= 4 is 38.3 Å². The predicted octanol–water partition coefficient (Wildman–Crippen LogP) is 4.26. The molecule has 32 heavy (non-hydrogen) atoms. The van der Waals surface area contributed by atoms with Gasteiger partial charge in [-0.25, -0.2) is 8.42 Å². The van der Waals surface area contributed by atoms with Gasteiger partial charge in [-0.15, -0.1) is 0 Å². The number of rotatable bonds is 4. The third-order valence-corrected chi connectivity index (χ3v) is 7.09. The lowest BCUT2D eigenvalue weighted by molar-refractivity contribution is 0.600. The number of anilines is 1. The number of fused-ring (bicyclic) bond motifs is 1. The minimum absolute atomic E-state index is 0.00168. The molecule has 4 aromatic rings. The number of hydrogen-bond donors (Lipinski definition) is 3. The van der Waals surface area contributed by atoms with Gasteiger partial charge in [0.15, 0.2) is 0 Å². The number of nitrogens with one attached hydrogen (secondary N) is 3. The summed E-state index contributed by atoms with van der Waals surface area (Å²) in [6, 6.07) is 13.8. The molecule has 1 aromatic heterocycles. The van der Waals surface area contributed by atoms with Crippen LogP contribution in [-0.4, -0.2) is 18.4 Å². The Bertz CT molecular complexity index is 1580. The Kier molecular flexibility index (Phi) is 5.44. The van der Waals surface area contributed by atoms with Gasteiger partial charge in [-0.1, -0.05) is 29.8 Å². The van der Waals surface area contributed by atoms with Crippen molar-refractivity contribution in [2.45, 2.75) is 25.7 Å². The summed E-state index contributed by atoms with van der Waals surface area (Å²) in [4.78, 5) is 28.0. The Morgan fingerprint density at radius 3 is 1.97 bits per heavy atom. The Balaban J connectivity index is 1.77. The summed E-state index contributed by atoms with van der Waals surface area (Å²) in [6.45, 7) is 5.41. The van der Waals surface area contributed by atoms with Crippen molar-refractivity contribution in [3.05, 3.63) is 91.0 Å². The Hall–Kier alpha value is -3.36. The predicted molar refractivity (Wildman–Crippen MR) is 127 cm³/mol. The molecule has 0 saturated carbocycles. The lowest BCUT2D eigenvalue weighted by Crippen LogP contribution is -2.29. The summed E-state index contributed by atoms with van der Waals surface area (Å²) >= 11 is 6.36. The molecule has 0 amide bonds. The Labute approximate surface area is 189 Å². The van der Waals surface area contributed by atoms with Crippen LogP contribution in [-0.2, 0) is 10.0 Å². The number of halogens is 1. The zero-order chi connectivity index (χ0) is 23.2. The lowest BCUT2D eigenvalue weighted by atomic mass is 9.95. The maximum atomic E-state index is 13.2. The van der Waals surface area contributed by atoms with Gasteiger partial charge in [-0.3, -0.25) is 14.3 Å². The molecule has 7 nitrogen and oxygen atoms in total. The topological polar surface area (TPSA) is 112 Å². The largest absolute Gasteiger partial charge is 0.316 e. The Morgan fingerprint density at radius 2 is 1.38 bits per heavy atom. The van der Waals surface area contributed by atoms with Gasteiger partial charge in [0.2, 0.25) is 0 Å². The molecule has 1 heterocycles. The van der Waals surface area contributed by atoms with Crippen LogP contribution in [0.3, 0.4) is 0 Å². The van der Waals surface area contributed by atoms with Crippen LogP contribution < -0.4 is 15.8 Å². The second kappa shape index (κ2) is 7.96. The lowest BCUT2D eigenvalue weighted by Gasteiger charge is -2.16. The number of hydrogen-bond acceptors (Lipinski definition) is 4. The minimum Gasteiger partial charge on any atom is -0.316 e. The summed E-state index contributed by atoms with van der Waals surface area (Å²) < 4.78 is 28.9. The summed E-state index contributed by atoms with van der Waals surface area (Å²) in [7, 11) is -3.97. The zero-order valence-electron chi connectivity index (χ0n) is 17.5. The number of benzene rings is 3. The van der Waals surface area contributed by atoms with Gasteiger partial charge in [-0.2, -0.15) is 0 Å². The van der Waals surface area contributed by atoms with E-state index in [1.807, 2.05) is 38.1 Å². The van der Waals surface area contributed by atoms with Gasteiger partial charge in [0.05, 0.1) is 15.9 Å². The molecule has 3 aromatic carbocycles. The molecule has 0 fully saturated rings. The molecular formula is C23H20ClN3O4S. The second-order valence-corrected chi connectivity index (χ2v) is 9.70. The third-order valence-electron chi connectivity index (χ3n) is 5.24. The third kappa shape index (κ3) is 3.94. The average Bonchev–Trinajstić information content (AvgIpc) is 2.69. The first-order chi connectivity index (χ1) is 15.1. The quantitative estimate of drug-likeness (QED) is 0.387. The van der Waals surface area contributed by atoms with Crippen LogP contribution in [0.15, 0.2) is 63.0 Å². The van der Waals surface area contributed by atoms with Crippen LogP contribution >= 0.6 is 11.6 Å². The number of sulfonamides is 1. The smallest absolute Gasteiger partial charge is 0.314 e. The molecule has 164 valence electrons. The van der Waals surface area contributed by atoms with Crippen LogP contribution in [0.2, 0.25) is 5.02 Å². The molecule has 0 aliphatic rings. The van der Waals surface area contributed by atoms with E-state index >= 15 is 0 Å². The van der Waals surface area contributed by atoms with Crippen molar-refractivity contribution in [3.8, 4) is 11.1 Å². The highest BCUT2D eigenvalue weighted by Crippen LogP contribution is 2.35. The molecule has 0 atom stereocenters. The molecule has 4 rings (SSSR count). The van der Waals surface area contributed by atoms with E-state index in [1.165, 1.54) is 12.1 Å². The summed E-state index contributed by atoms with van der Waals surface area (Å²) in [5.41, 5.74) is 3.32. The van der Waals surface area contributed by atoms with Crippen LogP contribution in [0, 0.1) is 20.8 Å². The zero-order valence-corrected chi connectivity index (χ0v) is 19.1. The van der Waals surface area contributed by atoms with E-state index in [4.69, 9.17) is 11.6 Å². The van der Waals surface area contributed by atoms with Crippen molar-refractivity contribution in [1.29, 1.82) is 0 Å². The van der Waals surface area contributed by atoms with Crippen LogP contribution in [0.25, 0.3) is 22.2 Å². The SMILES string of the molecule is Cc1cc2[nH]c(=O)c(=O)[nH]c2cc1S(=O)(=O)Nc1cc(C)c(-c2ccccc2Cl)c(C)c1. The van der Waals surface area contributed by atoms with E-state index in [0.717, 1.165) is 22.3 Å². The van der Waals surface area contributed by atoms with E-state index in [1.54, 1.807) is 19.1 Å². The molecular weight excluding hydrogens is 450 g/mol. The fourth-order valence-electron chi connectivity index (χ4n) is 3.86. The van der Waals surface area contributed by atoms with Gasteiger partial charge in [0.1, 0.15) is 0 Å². The van der Waals surface area contributed by atoms with E-state index in [-0.39, 0.29) is 10.4 Å². The first-order valence-electron chi connectivity index (χ1n) is 9.73. The maximum absolute atomic E-state index is 13.2. The molecule has 0 unspecified atom stereocenters. The number of aromatic amines is 2. The molecule has 9 heteroatoms. The fraction of sp³-hybridized carbons (Fsp3) is 0.130. The molecule has 0 aliphatic heterocycles. The monoisotopic (exact) mass is 469 g/mol. The number of H-pyrrole nitrogens is 2. The van der Waals surface area contributed by atoms with Crippen LogP contribution in [0.1, 0.15) is 16.7 Å². The van der Waals surface area contributed by atoms with Crippen molar-refractivity contribution in [1.82, 2.24) is 9.97 Å². The van der Waals surface area contributed by atoms with Crippen LogP contribution in [0.5, 0.6) is 0 Å². The first-order valence-corrected chi connectivity index (χ1v) is 11.6. The van der Waals surface area contributed by atoms with Crippen molar-refractivity contribution < 1.29 is 8.42 Å². The van der Waals surface area contributed by atoms with E-state index in [0.29, 0.717) is 21.8 Å². The molecule has 0 radical (unpaired) electrons. The van der Waals surface area contributed by atoms with Gasteiger partial charge < -0.3 is 9.97 Å². The maximum Gasteiger partial charge on any atom is 0.314 e. The standard InChI is InChI=1S/C23H20ClN3O4S/c1-12-10-18-19(26-23(29)22(28)25-18)11-20(12)32(30,31)27-15-8-13(2)21(14(3)9-15)16-6-4-5-7-17(16)24/h4-11,27H,1-3H3,(H,25,28)(H,26,29). The fourth-order valence-corrected chi connectivity index (χ4v) is 5.39. The Morgan fingerprint density at radius 1 is 0.812 bits per heavy atom. The number of aryl methyl sites for hydroxylation is 3. The van der Waals surface area contributed by atoms with Gasteiger partial charge in [0.25, 0.3) is 10.0 Å². The minimum atomic E-state index is -3.97. The molecule has 0 bridgehead atoms. The molecule has 0 saturated heterocycles. The first kappa shape index (κ1) is 21.9. The summed E-state index contributed by atoms with van der Waals surface area (Å²) in [6.07, 6.45) is 0. The van der Waals surface area contributed by atoms with E-state index < -0.39 is 21.1 Å². The highest BCUT2D eigenvalue weighted by atomic mass is 35.5. The van der Waals surface area contributed by atoms with Crippen molar-refractivity contribution in [3.63, 3.8) is 0 Å². The highest BCUT2D eigenvalue weighted by Gasteiger charge is 2.20. The van der Waals surface area contributed by atoms with Crippen LogP contribution in [0.4, 0.5) is 5.69 Å². The van der Waals surface area contributed by atoms with E-state index in [9.17, 15) is 18.0 Å². The average molecular weight is 470 g/mol. The van der Waals surface area contributed by atoms with Crippen molar-refractivity contribution in [2.24, 2.45) is 0 Å². The highest BCUT2D eigenvalue weighted by molar-refractivity contribution is 7.92. The summed E-state index contributed by atoms with van der Waals surface area (Å²) in [5, 5.41) is 0.617. The van der Waals surface area contributed by atoms with Gasteiger partial charge in [-0.05, 0) is 73.4 Å². The van der Waals surface area contributed by atoms with E-state index in [2.05, 4.69) is 14.7 Å². The normalized spacial score (nSPS) is 11.6. The van der Waals surface area contributed by atoms with Gasteiger partial charge in [0, 0.05) is 16.3 Å². The second-order valence-electron chi connectivity index (χ2n) is 7.64. The number of aromatic nitrogens is 2. The molecule has 0 aliphatic carbocycles. The van der Waals surface area contributed by atoms with Gasteiger partial charge >= 0.3 is 11.1 Å². The van der Waals surface area contributed by atoms with Crippen molar-refractivity contribution in [2.75, 3.05) is 4.72 Å². The molecule has 0 spiro atoms.